The lowest BCUT2D eigenvalue weighted by Gasteiger charge is -2.16. The Bertz CT molecular complexity index is 319. The lowest BCUT2D eigenvalue weighted by atomic mass is 9.91. The van der Waals surface area contributed by atoms with Gasteiger partial charge in [0.25, 0.3) is 0 Å². The van der Waals surface area contributed by atoms with Crippen molar-refractivity contribution in [2.75, 3.05) is 0 Å². The zero-order valence-electron chi connectivity index (χ0n) is 9.38. The molecule has 1 aliphatic carbocycles. The maximum atomic E-state index is 2.48. The quantitative estimate of drug-likeness (QED) is 0.507. The van der Waals surface area contributed by atoms with E-state index in [4.69, 9.17) is 0 Å². The first kappa shape index (κ1) is 11.4. The molecule has 1 heteroatoms. The fraction of sp³-hybridized carbons (Fsp3) is 0.571. The molecule has 1 fully saturated rings. The first-order valence-electron chi connectivity index (χ1n) is 6.02. The number of rotatable bonds is 1. The van der Waals surface area contributed by atoms with E-state index >= 15 is 0 Å². The molecule has 0 saturated heterocycles. The maximum Gasteiger partial charge on any atom is 0.0165 e. The highest BCUT2D eigenvalue weighted by atomic mass is 127. The Morgan fingerprint density at radius 2 is 1.87 bits per heavy atom. The van der Waals surface area contributed by atoms with E-state index in [-0.39, 0.29) is 0 Å². The van der Waals surface area contributed by atoms with Gasteiger partial charge in [0.15, 0.2) is 0 Å². The van der Waals surface area contributed by atoms with Crippen LogP contribution in [-0.2, 0) is 0 Å². The second kappa shape index (κ2) is 5.33. The van der Waals surface area contributed by atoms with Crippen molar-refractivity contribution in [1.82, 2.24) is 0 Å². The van der Waals surface area contributed by atoms with Gasteiger partial charge in [0.05, 0.1) is 0 Å². The predicted octanol–water partition coefficient (Wildman–Crippen LogP) is 4.98. The monoisotopic (exact) mass is 314 g/mol. The van der Waals surface area contributed by atoms with Crippen LogP contribution in [0.4, 0.5) is 0 Å². The molecule has 1 aromatic carbocycles. The molecule has 0 nitrogen and oxygen atoms in total. The molecule has 0 aromatic heterocycles. The largest absolute Gasteiger partial charge is 0.0625 e. The molecule has 82 valence electrons. The summed E-state index contributed by atoms with van der Waals surface area (Å²) in [6.45, 7) is 2.40. The molecular weight excluding hydrogens is 295 g/mol. The van der Waals surface area contributed by atoms with Crippen LogP contribution in [0.3, 0.4) is 0 Å². The Kier molecular flexibility index (Phi) is 4.06. The topological polar surface area (TPSA) is 0 Å². The van der Waals surface area contributed by atoms with Crippen LogP contribution in [0.2, 0.25) is 0 Å². The van der Waals surface area contributed by atoms with Crippen molar-refractivity contribution in [3.63, 3.8) is 0 Å². The van der Waals surface area contributed by atoms with Gasteiger partial charge in [-0.05, 0) is 58.9 Å². The van der Waals surface area contributed by atoms with Crippen molar-refractivity contribution >= 4 is 22.6 Å². The molecule has 15 heavy (non-hydrogen) atoms. The van der Waals surface area contributed by atoms with Crippen molar-refractivity contribution in [1.29, 1.82) is 0 Å². The van der Waals surface area contributed by atoms with Gasteiger partial charge >= 0.3 is 0 Å². The molecule has 1 aromatic rings. The molecule has 1 saturated carbocycles. The molecule has 0 aliphatic heterocycles. The lowest BCUT2D eigenvalue weighted by molar-refractivity contribution is 0.499. The third-order valence-corrected chi connectivity index (χ3v) is 4.58. The second-order valence-electron chi connectivity index (χ2n) is 4.83. The third-order valence-electron chi connectivity index (χ3n) is 3.60. The van der Waals surface area contributed by atoms with Gasteiger partial charge in [0, 0.05) is 3.57 Å². The van der Waals surface area contributed by atoms with E-state index in [2.05, 4.69) is 53.8 Å². The van der Waals surface area contributed by atoms with Gasteiger partial charge in [-0.1, -0.05) is 44.4 Å². The fourth-order valence-corrected chi connectivity index (χ4v) is 3.43. The van der Waals surface area contributed by atoms with Gasteiger partial charge in [0.1, 0.15) is 0 Å². The van der Waals surface area contributed by atoms with Gasteiger partial charge < -0.3 is 0 Å². The summed E-state index contributed by atoms with van der Waals surface area (Å²) < 4.78 is 1.45. The molecule has 2 rings (SSSR count). The maximum absolute atomic E-state index is 2.48. The lowest BCUT2D eigenvalue weighted by Crippen LogP contribution is -1.99. The second-order valence-corrected chi connectivity index (χ2v) is 5.99. The smallest absolute Gasteiger partial charge is 0.0165 e. The Balaban J connectivity index is 2.13. The minimum atomic E-state index is 0.822. The minimum absolute atomic E-state index is 0.822. The van der Waals surface area contributed by atoms with Crippen molar-refractivity contribution < 1.29 is 0 Å². The standard InChI is InChI=1S/C14H19I/c1-11-5-4-6-12(10-9-11)13-7-2-3-8-14(13)15/h2-3,7-8,11-12H,4-6,9-10H2,1H3/t11-,12?/m1/s1. The number of halogens is 1. The van der Waals surface area contributed by atoms with E-state index in [9.17, 15) is 0 Å². The van der Waals surface area contributed by atoms with Crippen LogP contribution >= 0.6 is 22.6 Å². The Labute approximate surface area is 107 Å². The van der Waals surface area contributed by atoms with Gasteiger partial charge in [0.2, 0.25) is 0 Å². The highest BCUT2D eigenvalue weighted by Crippen LogP contribution is 2.35. The van der Waals surface area contributed by atoms with E-state index in [1.54, 1.807) is 5.56 Å². The van der Waals surface area contributed by atoms with E-state index in [1.165, 1.54) is 35.7 Å². The fourth-order valence-electron chi connectivity index (χ4n) is 2.60. The molecular formula is C14H19I. The first-order chi connectivity index (χ1) is 7.27. The highest BCUT2D eigenvalue weighted by Gasteiger charge is 2.18. The number of hydrogen-bond donors (Lipinski definition) is 0. The van der Waals surface area contributed by atoms with Gasteiger partial charge in [-0.15, -0.1) is 0 Å². The zero-order chi connectivity index (χ0) is 10.7. The molecule has 0 bridgehead atoms. The SMILES string of the molecule is C[C@@H]1CCCC(c2ccccc2I)CC1. The van der Waals surface area contributed by atoms with E-state index in [1.807, 2.05) is 0 Å². The number of benzene rings is 1. The third kappa shape index (κ3) is 2.96. The van der Waals surface area contributed by atoms with Crippen molar-refractivity contribution in [3.8, 4) is 0 Å². The van der Waals surface area contributed by atoms with Gasteiger partial charge in [-0.3, -0.25) is 0 Å². The van der Waals surface area contributed by atoms with Crippen LogP contribution in [0, 0.1) is 9.49 Å². The van der Waals surface area contributed by atoms with Crippen molar-refractivity contribution in [2.24, 2.45) is 5.92 Å². The molecule has 2 atom stereocenters. The van der Waals surface area contributed by atoms with Crippen LogP contribution in [-0.4, -0.2) is 0 Å². The van der Waals surface area contributed by atoms with Gasteiger partial charge in [-0.2, -0.15) is 0 Å². The van der Waals surface area contributed by atoms with E-state index < -0.39 is 0 Å². The normalized spacial score (nSPS) is 27.3. The average molecular weight is 314 g/mol. The molecule has 0 radical (unpaired) electrons. The van der Waals surface area contributed by atoms with Crippen molar-refractivity contribution in [2.45, 2.75) is 44.9 Å². The molecule has 0 N–H and O–H groups in total. The summed E-state index contributed by atoms with van der Waals surface area (Å²) in [5.74, 6) is 1.76. The van der Waals surface area contributed by atoms with Gasteiger partial charge in [-0.25, -0.2) is 0 Å². The predicted molar refractivity (Wildman–Crippen MR) is 74.1 cm³/mol. The van der Waals surface area contributed by atoms with Crippen molar-refractivity contribution in [3.05, 3.63) is 33.4 Å². The van der Waals surface area contributed by atoms with Crippen LogP contribution < -0.4 is 0 Å². The molecule has 1 aliphatic rings. The summed E-state index contributed by atoms with van der Waals surface area (Å²) >= 11 is 2.48. The Morgan fingerprint density at radius 3 is 2.67 bits per heavy atom. The summed E-state index contributed by atoms with van der Waals surface area (Å²) in [6.07, 6.45) is 7.04. The van der Waals surface area contributed by atoms with Crippen LogP contribution in [0.15, 0.2) is 24.3 Å². The Morgan fingerprint density at radius 1 is 1.07 bits per heavy atom. The van der Waals surface area contributed by atoms with Crippen LogP contribution in [0.1, 0.15) is 50.5 Å². The zero-order valence-corrected chi connectivity index (χ0v) is 11.5. The molecule has 0 spiro atoms. The van der Waals surface area contributed by atoms with Crippen LogP contribution in [0.5, 0.6) is 0 Å². The summed E-state index contributed by atoms with van der Waals surface area (Å²) in [4.78, 5) is 0. The summed E-state index contributed by atoms with van der Waals surface area (Å²) in [6, 6.07) is 8.89. The molecule has 0 heterocycles. The van der Waals surface area contributed by atoms with Crippen LogP contribution in [0.25, 0.3) is 0 Å². The minimum Gasteiger partial charge on any atom is -0.0625 e. The first-order valence-corrected chi connectivity index (χ1v) is 7.09. The highest BCUT2D eigenvalue weighted by molar-refractivity contribution is 14.1. The molecule has 1 unspecified atom stereocenters. The summed E-state index contributed by atoms with van der Waals surface area (Å²) in [5.41, 5.74) is 1.59. The number of hydrogen-bond acceptors (Lipinski definition) is 0. The Hall–Kier alpha value is -0.0500. The average Bonchev–Trinajstić information content (AvgIpc) is 2.44. The summed E-state index contributed by atoms with van der Waals surface area (Å²) in [7, 11) is 0. The molecule has 0 amide bonds. The van der Waals surface area contributed by atoms with E-state index in [0.717, 1.165) is 11.8 Å². The summed E-state index contributed by atoms with van der Waals surface area (Å²) in [5, 5.41) is 0. The van der Waals surface area contributed by atoms with E-state index in [0.29, 0.717) is 0 Å².